The minimum atomic E-state index is -1.42. The van der Waals surface area contributed by atoms with E-state index in [0.29, 0.717) is 22.5 Å². The van der Waals surface area contributed by atoms with Crippen molar-refractivity contribution in [2.75, 3.05) is 9.80 Å². The van der Waals surface area contributed by atoms with Crippen molar-refractivity contribution in [3.63, 3.8) is 0 Å². The largest absolute Gasteiger partial charge is 0.851 e. The maximum Gasteiger partial charge on any atom is 0.121 e. The average Bonchev–Trinajstić information content (AvgIpc) is 3.42. The van der Waals surface area contributed by atoms with Crippen molar-refractivity contribution in [3.8, 4) is 56.0 Å². The summed E-state index contributed by atoms with van der Waals surface area (Å²) in [6, 6.07) is 83.9. The van der Waals surface area contributed by atoms with E-state index in [2.05, 4.69) is 107 Å². The quantitative estimate of drug-likeness (QED) is 0.127. The topological polar surface area (TPSA) is 93.1 Å². The van der Waals surface area contributed by atoms with Gasteiger partial charge in [0.25, 0.3) is 0 Å². The van der Waals surface area contributed by atoms with Crippen LogP contribution in [0.25, 0.3) is 44.5 Å². The van der Waals surface area contributed by atoms with Gasteiger partial charge in [-0.25, -0.2) is 0 Å². The fraction of sp³-hybridized carbons (Fsp3) is 0.0625. The van der Waals surface area contributed by atoms with Gasteiger partial charge in [-0.3, -0.25) is 0 Å². The van der Waals surface area contributed by atoms with Gasteiger partial charge in [-0.1, -0.05) is 206 Å². The van der Waals surface area contributed by atoms with E-state index in [0.717, 1.165) is 67.3 Å². The second kappa shape index (κ2) is 19.1. The number of rotatable bonds is 12. The summed E-state index contributed by atoms with van der Waals surface area (Å²) in [4.78, 5) is 4.25. The smallest absolute Gasteiger partial charge is 0.121 e. The van der Waals surface area contributed by atoms with Crippen LogP contribution in [0.4, 0.5) is 34.1 Å². The molecule has 6 nitrogen and oxygen atoms in total. The summed E-state index contributed by atoms with van der Waals surface area (Å²) in [7, 11) is 0. The summed E-state index contributed by atoms with van der Waals surface area (Å²) in [5.41, 5.74) is 13.6. The Morgan fingerprint density at radius 1 is 0.286 bits per heavy atom. The van der Waals surface area contributed by atoms with Crippen LogP contribution in [0.3, 0.4) is 0 Å². The maximum atomic E-state index is 14.4. The van der Waals surface area contributed by atoms with Crippen LogP contribution in [-0.2, 0) is 0 Å². The molecule has 0 aliphatic heterocycles. The highest BCUT2D eigenvalue weighted by Crippen LogP contribution is 2.53. The Morgan fingerprint density at radius 2 is 0.529 bits per heavy atom. The molecule has 0 spiro atoms. The Balaban J connectivity index is 0.948. The highest BCUT2D eigenvalue weighted by Gasteiger charge is 2.41. The summed E-state index contributed by atoms with van der Waals surface area (Å²) in [6.45, 7) is 0. The lowest BCUT2D eigenvalue weighted by Crippen LogP contribution is -2.63. The summed E-state index contributed by atoms with van der Waals surface area (Å²) < 4.78 is 0. The first-order chi connectivity index (χ1) is 34.4. The molecule has 1 fully saturated rings. The van der Waals surface area contributed by atoms with Crippen LogP contribution in [0.2, 0.25) is 0 Å². The van der Waals surface area contributed by atoms with Crippen molar-refractivity contribution < 1.29 is 20.4 Å². The van der Waals surface area contributed by atoms with Crippen LogP contribution in [0.15, 0.2) is 255 Å². The number of anilines is 6. The lowest BCUT2D eigenvalue weighted by Gasteiger charge is -2.61. The molecule has 70 heavy (non-hydrogen) atoms. The molecule has 0 radical (unpaired) electrons. The number of aromatic hydroxyl groups is 2. The molecule has 6 heteroatoms. The first-order valence-corrected chi connectivity index (χ1v) is 23.6. The molecule has 11 rings (SSSR count). The van der Waals surface area contributed by atoms with Crippen LogP contribution < -0.4 is 20.0 Å². The molecule has 340 valence electrons. The second-order valence-corrected chi connectivity index (χ2v) is 17.7. The van der Waals surface area contributed by atoms with E-state index in [1.165, 1.54) is 0 Å². The molecule has 1 saturated carbocycles. The van der Waals surface area contributed by atoms with Gasteiger partial charge in [0.1, 0.15) is 11.5 Å². The highest BCUT2D eigenvalue weighted by molar-refractivity contribution is 5.95. The molecule has 0 amide bonds. The second-order valence-electron chi connectivity index (χ2n) is 17.7. The Bertz CT molecular complexity index is 3020. The summed E-state index contributed by atoms with van der Waals surface area (Å²) in [5, 5.41) is 52.8. The molecule has 0 saturated heterocycles. The molecule has 10 aromatic carbocycles. The van der Waals surface area contributed by atoms with Gasteiger partial charge in [-0.05, 0) is 81.6 Å². The third-order valence-corrected chi connectivity index (χ3v) is 13.6. The standard InChI is InChI=1S/C64H48N2O4/c67-59-41-47(65(55-33-17-13-29-49(55)43-21-5-1-6-22-43)56-34-18-14-30-50(56)44-23-7-2-8-24-44)37-39-53(59)61-63(69)62(64(61)70)54-40-38-48(42-60(54)68)66(57-35-19-15-31-51(57)45-25-9-3-10-26-45)58-36-20-16-32-52(58)46-27-11-4-12-28-46/h1-42,61-64,67-68H/q-2. The van der Waals surface area contributed by atoms with Crippen molar-refractivity contribution in [3.05, 3.63) is 266 Å². The first-order valence-electron chi connectivity index (χ1n) is 23.6. The number of para-hydroxylation sites is 4. The molecular weight excluding hydrogens is 861 g/mol. The summed E-state index contributed by atoms with van der Waals surface area (Å²) >= 11 is 0. The minimum Gasteiger partial charge on any atom is -0.851 e. The fourth-order valence-electron chi connectivity index (χ4n) is 10.2. The average molecular weight is 909 g/mol. The fourth-order valence-corrected chi connectivity index (χ4v) is 10.2. The van der Waals surface area contributed by atoms with E-state index in [-0.39, 0.29) is 11.5 Å². The van der Waals surface area contributed by atoms with Gasteiger partial charge >= 0.3 is 0 Å². The van der Waals surface area contributed by atoms with Crippen molar-refractivity contribution in [2.24, 2.45) is 0 Å². The Morgan fingerprint density at radius 3 is 0.786 bits per heavy atom. The summed E-state index contributed by atoms with van der Waals surface area (Å²) in [5.74, 6) is -2.34. The van der Waals surface area contributed by atoms with Gasteiger partial charge in [0.15, 0.2) is 0 Å². The molecular formula is C64H48N2O4-2. The molecule has 0 bridgehead atoms. The van der Waals surface area contributed by atoms with E-state index in [4.69, 9.17) is 0 Å². The molecule has 2 N–H and O–H groups in total. The summed E-state index contributed by atoms with van der Waals surface area (Å²) in [6.07, 6.45) is -2.84. The van der Waals surface area contributed by atoms with Gasteiger partial charge in [-0.2, -0.15) is 0 Å². The molecule has 1 aliphatic carbocycles. The number of phenols is 2. The van der Waals surface area contributed by atoms with Crippen LogP contribution in [0.5, 0.6) is 11.5 Å². The molecule has 1 aliphatic rings. The van der Waals surface area contributed by atoms with E-state index < -0.39 is 24.0 Å². The minimum absolute atomic E-state index is 0.133. The number of hydrogen-bond acceptors (Lipinski definition) is 6. The van der Waals surface area contributed by atoms with E-state index in [1.54, 1.807) is 24.3 Å². The van der Waals surface area contributed by atoms with Gasteiger partial charge < -0.3 is 30.2 Å². The predicted octanol–water partition coefficient (Wildman–Crippen LogP) is 14.0. The van der Waals surface area contributed by atoms with Crippen molar-refractivity contribution in [2.45, 2.75) is 24.0 Å². The molecule has 0 unspecified atom stereocenters. The van der Waals surface area contributed by atoms with E-state index in [1.807, 2.05) is 133 Å². The van der Waals surface area contributed by atoms with E-state index >= 15 is 0 Å². The third kappa shape index (κ3) is 8.15. The van der Waals surface area contributed by atoms with Crippen LogP contribution >= 0.6 is 0 Å². The van der Waals surface area contributed by atoms with Gasteiger partial charge in [0.05, 0.1) is 22.7 Å². The van der Waals surface area contributed by atoms with Crippen LogP contribution in [0, 0.1) is 0 Å². The Kier molecular flexibility index (Phi) is 12.0. The van der Waals surface area contributed by atoms with Gasteiger partial charge in [0.2, 0.25) is 0 Å². The molecule has 10 aromatic rings. The number of benzene rings is 10. The van der Waals surface area contributed by atoms with E-state index in [9.17, 15) is 20.4 Å². The van der Waals surface area contributed by atoms with Crippen LogP contribution in [-0.4, -0.2) is 22.4 Å². The lowest BCUT2D eigenvalue weighted by atomic mass is 9.63. The zero-order valence-corrected chi connectivity index (χ0v) is 38.2. The Labute approximate surface area is 408 Å². The number of hydrogen-bond donors (Lipinski definition) is 2. The predicted molar refractivity (Wildman–Crippen MR) is 280 cm³/mol. The van der Waals surface area contributed by atoms with Crippen molar-refractivity contribution >= 4 is 34.1 Å². The third-order valence-electron chi connectivity index (χ3n) is 13.6. The SMILES string of the molecule is [O-]C1C(c2ccc(N(c3ccccc3-c3ccccc3)c3ccccc3-c3ccccc3)cc2O)C([O-])C1c1ccc(N(c2ccccc2-c2ccccc2)c2ccccc2-c2ccccc2)cc1O. The number of phenolic OH excluding ortho intramolecular Hbond substituents is 2. The van der Waals surface area contributed by atoms with Gasteiger partial charge in [0, 0.05) is 45.8 Å². The zero-order valence-electron chi connectivity index (χ0n) is 38.2. The molecule has 0 aromatic heterocycles. The number of nitrogens with zero attached hydrogens (tertiary/aromatic N) is 2. The monoisotopic (exact) mass is 908 g/mol. The normalized spacial score (nSPS) is 16.3. The Hall–Kier alpha value is -8.68. The van der Waals surface area contributed by atoms with Crippen LogP contribution in [0.1, 0.15) is 23.0 Å². The zero-order chi connectivity index (χ0) is 47.6. The molecule has 0 heterocycles. The molecule has 0 atom stereocenters. The highest BCUT2D eigenvalue weighted by atomic mass is 16.3. The van der Waals surface area contributed by atoms with Crippen molar-refractivity contribution in [1.82, 2.24) is 0 Å². The lowest BCUT2D eigenvalue weighted by molar-refractivity contribution is -0.536. The maximum absolute atomic E-state index is 14.4. The van der Waals surface area contributed by atoms with Crippen molar-refractivity contribution in [1.29, 1.82) is 0 Å². The first kappa shape index (κ1) is 43.9. The van der Waals surface area contributed by atoms with Gasteiger partial charge in [-0.15, -0.1) is 12.2 Å².